The van der Waals surface area contributed by atoms with Crippen molar-refractivity contribution in [2.45, 2.75) is 12.6 Å². The third-order valence-electron chi connectivity index (χ3n) is 3.78. The van der Waals surface area contributed by atoms with Crippen LogP contribution in [0.25, 0.3) is 5.65 Å². The number of nitrogens with two attached hydrogens (primary N) is 1. The van der Waals surface area contributed by atoms with Crippen LogP contribution in [0.3, 0.4) is 0 Å². The fourth-order valence-corrected chi connectivity index (χ4v) is 2.76. The number of fused-ring (bicyclic) bond motifs is 1. The van der Waals surface area contributed by atoms with Gasteiger partial charge in [0, 0.05) is 12.7 Å². The number of carbonyl (C=O) groups is 1. The molecule has 3 aromatic rings. The molecule has 0 saturated carbocycles. The zero-order valence-electron chi connectivity index (χ0n) is 12.7. The van der Waals surface area contributed by atoms with Gasteiger partial charge in [-0.2, -0.15) is 0 Å². The normalized spacial score (nSPS) is 12.7. The van der Waals surface area contributed by atoms with Crippen LogP contribution in [0.15, 0.2) is 54.9 Å². The molecule has 0 aliphatic heterocycles. The van der Waals surface area contributed by atoms with Crippen LogP contribution >= 0.6 is 0 Å². The third-order valence-corrected chi connectivity index (χ3v) is 3.78. The van der Waals surface area contributed by atoms with E-state index in [4.69, 9.17) is 5.73 Å². The summed E-state index contributed by atoms with van der Waals surface area (Å²) in [5, 5.41) is 0. The molecule has 0 aliphatic carbocycles. The Labute approximate surface area is 133 Å². The summed E-state index contributed by atoms with van der Waals surface area (Å²) in [6, 6.07) is 11.0. The van der Waals surface area contributed by atoms with Gasteiger partial charge in [0.05, 0.1) is 11.9 Å². The minimum absolute atomic E-state index is 0.392. The Morgan fingerprint density at radius 2 is 2.17 bits per heavy atom. The van der Waals surface area contributed by atoms with E-state index >= 15 is 0 Å². The highest BCUT2D eigenvalue weighted by Gasteiger charge is 2.24. The maximum absolute atomic E-state index is 13.5. The number of hydrogen-bond donors (Lipinski definition) is 1. The molecule has 0 radical (unpaired) electrons. The van der Waals surface area contributed by atoms with E-state index in [0.717, 1.165) is 11.3 Å². The number of nitrogens with zero attached hydrogens (tertiary/aromatic N) is 3. The van der Waals surface area contributed by atoms with E-state index < -0.39 is 17.8 Å². The van der Waals surface area contributed by atoms with Crippen LogP contribution in [0.5, 0.6) is 0 Å². The molecule has 0 bridgehead atoms. The number of halogens is 1. The summed E-state index contributed by atoms with van der Waals surface area (Å²) in [5.74, 6) is -0.913. The molecule has 0 saturated heterocycles. The van der Waals surface area contributed by atoms with Crippen molar-refractivity contribution in [2.24, 2.45) is 5.73 Å². The Hall–Kier alpha value is -2.73. The van der Waals surface area contributed by atoms with Crippen molar-refractivity contribution in [3.63, 3.8) is 0 Å². The first kappa shape index (κ1) is 15.2. The highest BCUT2D eigenvalue weighted by molar-refractivity contribution is 5.81. The van der Waals surface area contributed by atoms with Gasteiger partial charge in [-0.1, -0.05) is 18.2 Å². The van der Waals surface area contributed by atoms with E-state index in [2.05, 4.69) is 4.98 Å². The van der Waals surface area contributed by atoms with Gasteiger partial charge < -0.3 is 10.1 Å². The molecule has 3 rings (SSSR count). The molecule has 5 nitrogen and oxygen atoms in total. The number of aromatic nitrogens is 2. The van der Waals surface area contributed by atoms with Crippen molar-refractivity contribution in [3.8, 4) is 0 Å². The zero-order chi connectivity index (χ0) is 16.4. The molecule has 6 heteroatoms. The van der Waals surface area contributed by atoms with Gasteiger partial charge in [-0.3, -0.25) is 9.69 Å². The molecule has 1 aromatic carbocycles. The highest BCUT2D eigenvalue weighted by atomic mass is 19.1. The van der Waals surface area contributed by atoms with Gasteiger partial charge in [-0.25, -0.2) is 9.37 Å². The molecule has 0 aliphatic rings. The van der Waals surface area contributed by atoms with Crippen LogP contribution in [0.1, 0.15) is 17.3 Å². The molecular weight excluding hydrogens is 295 g/mol. The zero-order valence-corrected chi connectivity index (χ0v) is 12.7. The molecule has 118 valence electrons. The number of hydrogen-bond acceptors (Lipinski definition) is 3. The number of pyridine rings is 1. The number of imidazole rings is 1. The average molecular weight is 312 g/mol. The standard InChI is InChI=1S/C17H17FN4O/c1-21(11-14-10-20-15-7-2-3-8-22(14)15)16(17(19)23)12-5-4-6-13(18)9-12/h2-10,16H,11H2,1H3,(H2,19,23). The smallest absolute Gasteiger partial charge is 0.239 e. The van der Waals surface area contributed by atoms with Crippen LogP contribution in [0.2, 0.25) is 0 Å². The molecular formula is C17H17FN4O. The Morgan fingerprint density at radius 3 is 2.91 bits per heavy atom. The molecule has 23 heavy (non-hydrogen) atoms. The molecule has 0 fully saturated rings. The van der Waals surface area contributed by atoms with Gasteiger partial charge >= 0.3 is 0 Å². The highest BCUT2D eigenvalue weighted by Crippen LogP contribution is 2.22. The lowest BCUT2D eigenvalue weighted by molar-refractivity contribution is -0.123. The first-order valence-corrected chi connectivity index (χ1v) is 7.22. The lowest BCUT2D eigenvalue weighted by Gasteiger charge is -2.25. The monoisotopic (exact) mass is 312 g/mol. The number of amides is 1. The van der Waals surface area contributed by atoms with Crippen molar-refractivity contribution in [1.82, 2.24) is 14.3 Å². The number of benzene rings is 1. The minimum Gasteiger partial charge on any atom is -0.368 e. The van der Waals surface area contributed by atoms with E-state index in [0.29, 0.717) is 12.1 Å². The Kier molecular flexibility index (Phi) is 4.08. The fraction of sp³-hybridized carbons (Fsp3) is 0.176. The second kappa shape index (κ2) is 6.18. The molecule has 2 aromatic heterocycles. The van der Waals surface area contributed by atoms with Crippen molar-refractivity contribution < 1.29 is 9.18 Å². The van der Waals surface area contributed by atoms with Gasteiger partial charge in [-0.15, -0.1) is 0 Å². The Morgan fingerprint density at radius 1 is 1.35 bits per heavy atom. The topological polar surface area (TPSA) is 63.6 Å². The second-order valence-corrected chi connectivity index (χ2v) is 5.45. The van der Waals surface area contributed by atoms with Crippen LogP contribution in [-0.4, -0.2) is 27.2 Å². The number of rotatable bonds is 5. The van der Waals surface area contributed by atoms with Crippen molar-refractivity contribution >= 4 is 11.6 Å². The summed E-state index contributed by atoms with van der Waals surface area (Å²) in [5.41, 5.74) is 7.82. The first-order valence-electron chi connectivity index (χ1n) is 7.22. The Balaban J connectivity index is 1.90. The van der Waals surface area contributed by atoms with Crippen LogP contribution in [0.4, 0.5) is 4.39 Å². The van der Waals surface area contributed by atoms with Gasteiger partial charge in [0.25, 0.3) is 0 Å². The Bertz CT molecular complexity index is 845. The first-order chi connectivity index (χ1) is 11.1. The van der Waals surface area contributed by atoms with Gasteiger partial charge in [0.2, 0.25) is 5.91 Å². The lowest BCUT2D eigenvalue weighted by Crippen LogP contribution is -2.35. The molecule has 0 spiro atoms. The maximum atomic E-state index is 13.5. The predicted octanol–water partition coefficient (Wildman–Crippen LogP) is 2.13. The molecule has 1 amide bonds. The molecule has 2 N–H and O–H groups in total. The van der Waals surface area contributed by atoms with Crippen molar-refractivity contribution in [2.75, 3.05) is 7.05 Å². The van der Waals surface area contributed by atoms with Gasteiger partial charge in [0.1, 0.15) is 17.5 Å². The van der Waals surface area contributed by atoms with Gasteiger partial charge in [0.15, 0.2) is 0 Å². The van der Waals surface area contributed by atoms with Crippen molar-refractivity contribution in [1.29, 1.82) is 0 Å². The summed E-state index contributed by atoms with van der Waals surface area (Å²) >= 11 is 0. The van der Waals surface area contributed by atoms with E-state index in [1.807, 2.05) is 28.8 Å². The summed E-state index contributed by atoms with van der Waals surface area (Å²) in [7, 11) is 1.78. The molecule has 1 unspecified atom stereocenters. The van der Waals surface area contributed by atoms with Gasteiger partial charge in [-0.05, 0) is 36.9 Å². The van der Waals surface area contributed by atoms with Crippen LogP contribution < -0.4 is 5.73 Å². The van der Waals surface area contributed by atoms with E-state index in [1.165, 1.54) is 12.1 Å². The SMILES string of the molecule is CN(Cc1cnc2ccccn12)C(C(N)=O)c1cccc(F)c1. The van der Waals surface area contributed by atoms with E-state index in [-0.39, 0.29) is 0 Å². The van der Waals surface area contributed by atoms with E-state index in [9.17, 15) is 9.18 Å². The summed E-state index contributed by atoms with van der Waals surface area (Å²) in [4.78, 5) is 18.0. The number of carbonyl (C=O) groups excluding carboxylic acids is 1. The van der Waals surface area contributed by atoms with E-state index in [1.54, 1.807) is 30.3 Å². The minimum atomic E-state index is -0.708. The second-order valence-electron chi connectivity index (χ2n) is 5.45. The average Bonchev–Trinajstić information content (AvgIpc) is 2.90. The molecule has 2 heterocycles. The van der Waals surface area contributed by atoms with Crippen LogP contribution in [-0.2, 0) is 11.3 Å². The van der Waals surface area contributed by atoms with Crippen LogP contribution in [0, 0.1) is 5.82 Å². The quantitative estimate of drug-likeness (QED) is 0.785. The predicted molar refractivity (Wildman–Crippen MR) is 85.0 cm³/mol. The maximum Gasteiger partial charge on any atom is 0.239 e. The third kappa shape index (κ3) is 3.07. The van der Waals surface area contributed by atoms with Crippen molar-refractivity contribution in [3.05, 3.63) is 71.9 Å². The summed E-state index contributed by atoms with van der Waals surface area (Å²) in [6.07, 6.45) is 3.67. The summed E-state index contributed by atoms with van der Waals surface area (Å²) < 4.78 is 15.4. The lowest BCUT2D eigenvalue weighted by atomic mass is 10.0. The fourth-order valence-electron chi connectivity index (χ4n) is 2.76. The largest absolute Gasteiger partial charge is 0.368 e. The molecule has 1 atom stereocenters. The summed E-state index contributed by atoms with van der Waals surface area (Å²) in [6.45, 7) is 0.454. The number of primary amides is 1. The number of likely N-dealkylation sites (N-methyl/N-ethyl adjacent to an activating group) is 1.